The summed E-state index contributed by atoms with van der Waals surface area (Å²) >= 11 is 5.87. The van der Waals surface area contributed by atoms with Gasteiger partial charge in [0.05, 0.1) is 16.3 Å². The van der Waals surface area contributed by atoms with Gasteiger partial charge in [-0.2, -0.15) is 4.98 Å². The van der Waals surface area contributed by atoms with Crippen LogP contribution in [-0.2, 0) is 15.6 Å². The van der Waals surface area contributed by atoms with E-state index in [1.807, 2.05) is 26.0 Å². The highest BCUT2D eigenvalue weighted by Gasteiger charge is 2.33. The van der Waals surface area contributed by atoms with Crippen LogP contribution < -0.4 is 0 Å². The third kappa shape index (κ3) is 5.22. The van der Waals surface area contributed by atoms with Crippen LogP contribution in [0.5, 0.6) is 0 Å². The zero-order valence-corrected chi connectivity index (χ0v) is 21.5. The van der Waals surface area contributed by atoms with Gasteiger partial charge in [0.2, 0.25) is 5.89 Å². The smallest absolute Gasteiger partial charge is 0.223 e. The van der Waals surface area contributed by atoms with Gasteiger partial charge >= 0.3 is 0 Å². The lowest BCUT2D eigenvalue weighted by Crippen LogP contribution is -2.28. The van der Waals surface area contributed by atoms with Crippen LogP contribution in [0.1, 0.15) is 61.8 Å². The first kappa shape index (κ1) is 24.9. The minimum absolute atomic E-state index is 0.245. The summed E-state index contributed by atoms with van der Waals surface area (Å²) in [5, 5.41) is 12.1. The van der Waals surface area contributed by atoms with Crippen LogP contribution in [0, 0.1) is 13.8 Å². The van der Waals surface area contributed by atoms with Gasteiger partial charge in [0.1, 0.15) is 23.1 Å². The van der Waals surface area contributed by atoms with E-state index >= 15 is 0 Å². The highest BCUT2D eigenvalue weighted by Crippen LogP contribution is 2.29. The van der Waals surface area contributed by atoms with Crippen LogP contribution >= 0.6 is 11.6 Å². The van der Waals surface area contributed by atoms with Gasteiger partial charge in [0.15, 0.2) is 21.5 Å². The molecule has 0 N–H and O–H groups in total. The van der Waals surface area contributed by atoms with E-state index < -0.39 is 27.0 Å². The van der Waals surface area contributed by atoms with E-state index in [1.54, 1.807) is 31.4 Å². The van der Waals surface area contributed by atoms with Crippen molar-refractivity contribution in [1.82, 2.24) is 39.9 Å². The number of hydrogen-bond donors (Lipinski definition) is 0. The fourth-order valence-corrected chi connectivity index (χ4v) is 5.32. The fourth-order valence-electron chi connectivity index (χ4n) is 3.66. The molecule has 0 aromatic carbocycles. The Hall–Kier alpha value is -3.25. The van der Waals surface area contributed by atoms with Gasteiger partial charge in [-0.15, -0.1) is 10.2 Å². The molecular formula is C22H25ClN8O3S. The van der Waals surface area contributed by atoms with Gasteiger partial charge < -0.3 is 4.52 Å². The van der Waals surface area contributed by atoms with E-state index in [0.717, 1.165) is 5.69 Å². The molecular weight excluding hydrogens is 492 g/mol. The van der Waals surface area contributed by atoms with Gasteiger partial charge in [-0.3, -0.25) is 4.57 Å². The van der Waals surface area contributed by atoms with Crippen LogP contribution in [-0.4, -0.2) is 53.5 Å². The molecule has 3 atom stereocenters. The van der Waals surface area contributed by atoms with Gasteiger partial charge in [-0.1, -0.05) is 29.7 Å². The van der Waals surface area contributed by atoms with Crippen molar-refractivity contribution in [2.45, 2.75) is 57.6 Å². The summed E-state index contributed by atoms with van der Waals surface area (Å²) in [7, 11) is -3.70. The summed E-state index contributed by atoms with van der Waals surface area (Å²) in [6.07, 6.45) is 2.90. The van der Waals surface area contributed by atoms with Crippen molar-refractivity contribution in [2.75, 3.05) is 0 Å². The minimum atomic E-state index is -3.70. The van der Waals surface area contributed by atoms with Crippen LogP contribution in [0.4, 0.5) is 0 Å². The SMILES string of the molecule is Cc1cccc(-c2nnc(CS(=O)(=O)[C@@H](C)[C@H](C)c3ncc(Cl)cn3)n2[C@H](C)c2noc(C)n2)n1. The van der Waals surface area contributed by atoms with Crippen molar-refractivity contribution >= 4 is 21.4 Å². The first-order valence-corrected chi connectivity index (χ1v) is 13.0. The van der Waals surface area contributed by atoms with Crippen molar-refractivity contribution in [3.63, 3.8) is 0 Å². The molecule has 0 amide bonds. The monoisotopic (exact) mass is 516 g/mol. The Morgan fingerprint density at radius 1 is 1.03 bits per heavy atom. The molecule has 35 heavy (non-hydrogen) atoms. The molecule has 4 aromatic rings. The molecule has 184 valence electrons. The highest BCUT2D eigenvalue weighted by atomic mass is 35.5. The van der Waals surface area contributed by atoms with Gasteiger partial charge in [0.25, 0.3) is 0 Å². The molecule has 0 aliphatic carbocycles. The van der Waals surface area contributed by atoms with Crippen LogP contribution in [0.25, 0.3) is 11.5 Å². The Labute approximate surface area is 207 Å². The van der Waals surface area contributed by atoms with Crippen molar-refractivity contribution in [3.05, 3.63) is 64.7 Å². The second-order valence-corrected chi connectivity index (χ2v) is 11.2. The number of rotatable bonds is 8. The number of pyridine rings is 1. The van der Waals surface area contributed by atoms with Crippen LogP contribution in [0.15, 0.2) is 35.1 Å². The lowest BCUT2D eigenvalue weighted by atomic mass is 10.1. The normalized spacial score (nSPS) is 14.6. The first-order chi connectivity index (χ1) is 16.6. The second kappa shape index (κ2) is 9.78. The number of sulfone groups is 1. The molecule has 4 aromatic heterocycles. The quantitative estimate of drug-likeness (QED) is 0.341. The Morgan fingerprint density at radius 3 is 2.37 bits per heavy atom. The second-order valence-electron chi connectivity index (χ2n) is 8.38. The predicted molar refractivity (Wildman–Crippen MR) is 128 cm³/mol. The van der Waals surface area contributed by atoms with Crippen LogP contribution in [0.3, 0.4) is 0 Å². The minimum Gasteiger partial charge on any atom is -0.340 e. The largest absolute Gasteiger partial charge is 0.340 e. The van der Waals surface area contributed by atoms with E-state index in [4.69, 9.17) is 16.1 Å². The molecule has 0 bridgehead atoms. The van der Waals surface area contributed by atoms with E-state index in [0.29, 0.717) is 34.1 Å². The predicted octanol–water partition coefficient (Wildman–Crippen LogP) is 3.50. The number of hydrogen-bond acceptors (Lipinski definition) is 10. The van der Waals surface area contributed by atoms with Crippen molar-refractivity contribution in [3.8, 4) is 11.5 Å². The molecule has 4 heterocycles. The molecule has 0 unspecified atom stereocenters. The Kier molecular flexibility index (Phi) is 6.95. The number of halogens is 1. The zero-order valence-electron chi connectivity index (χ0n) is 19.9. The molecule has 0 saturated carbocycles. The maximum atomic E-state index is 13.5. The maximum absolute atomic E-state index is 13.5. The molecule has 0 radical (unpaired) electrons. The third-order valence-electron chi connectivity index (χ3n) is 5.84. The van der Waals surface area contributed by atoms with E-state index in [-0.39, 0.29) is 11.6 Å². The summed E-state index contributed by atoms with van der Waals surface area (Å²) in [5.74, 6) is 1.01. The first-order valence-electron chi connectivity index (χ1n) is 10.9. The summed E-state index contributed by atoms with van der Waals surface area (Å²) in [6, 6.07) is 5.01. The molecule has 13 heteroatoms. The molecule has 0 spiro atoms. The summed E-state index contributed by atoms with van der Waals surface area (Å²) < 4.78 is 33.8. The topological polar surface area (TPSA) is 142 Å². The average molecular weight is 517 g/mol. The Balaban J connectivity index is 1.72. The summed E-state index contributed by atoms with van der Waals surface area (Å²) in [5.41, 5.74) is 1.35. The summed E-state index contributed by atoms with van der Waals surface area (Å²) in [6.45, 7) is 8.78. The van der Waals surface area contributed by atoms with Crippen molar-refractivity contribution in [1.29, 1.82) is 0 Å². The van der Waals surface area contributed by atoms with E-state index in [1.165, 1.54) is 12.4 Å². The molecule has 0 fully saturated rings. The van der Waals surface area contributed by atoms with E-state index in [2.05, 4.69) is 35.3 Å². The molecule has 0 aliphatic heterocycles. The maximum Gasteiger partial charge on any atom is 0.223 e. The molecule has 0 aliphatic rings. The molecule has 4 rings (SSSR count). The Bertz CT molecular complexity index is 1440. The van der Waals surface area contributed by atoms with Crippen molar-refractivity contribution < 1.29 is 12.9 Å². The third-order valence-corrected chi connectivity index (χ3v) is 8.23. The fraction of sp³-hybridized carbons (Fsp3) is 0.409. The average Bonchev–Trinajstić information content (AvgIpc) is 3.44. The van der Waals surface area contributed by atoms with Gasteiger partial charge in [-0.05, 0) is 32.9 Å². The van der Waals surface area contributed by atoms with Crippen molar-refractivity contribution in [2.24, 2.45) is 0 Å². The summed E-state index contributed by atoms with van der Waals surface area (Å²) in [4.78, 5) is 17.2. The number of aryl methyl sites for hydroxylation is 2. The van der Waals surface area contributed by atoms with E-state index in [9.17, 15) is 8.42 Å². The standard InChI is InChI=1S/C22H25ClN8O3S/c1-12-7-6-8-18(26-12)22-29-28-19(31(22)14(3)21-27-16(5)34-30-21)11-35(32,33)15(4)13(2)20-24-9-17(23)10-25-20/h6-10,13-15H,11H2,1-5H3/t13-,14+,15-/m0/s1. The number of nitrogens with zero attached hydrogens (tertiary/aromatic N) is 8. The molecule has 11 nitrogen and oxygen atoms in total. The van der Waals surface area contributed by atoms with Crippen LogP contribution in [0.2, 0.25) is 5.02 Å². The zero-order chi connectivity index (χ0) is 25.3. The lowest BCUT2D eigenvalue weighted by Gasteiger charge is -2.20. The number of aromatic nitrogens is 8. The highest BCUT2D eigenvalue weighted by molar-refractivity contribution is 7.91. The lowest BCUT2D eigenvalue weighted by molar-refractivity contribution is 0.380. The molecule has 0 saturated heterocycles. The van der Waals surface area contributed by atoms with Gasteiger partial charge in [0, 0.05) is 30.9 Å². The Morgan fingerprint density at radius 2 is 1.74 bits per heavy atom. The van der Waals surface area contributed by atoms with Gasteiger partial charge in [-0.25, -0.2) is 23.4 Å².